The number of carbonyl (C=O) groups is 2. The average molecular weight is 472 g/mol. The van der Waals surface area contributed by atoms with E-state index in [9.17, 15) is 14.0 Å². The van der Waals surface area contributed by atoms with Crippen molar-refractivity contribution in [2.75, 3.05) is 5.32 Å². The van der Waals surface area contributed by atoms with Crippen LogP contribution in [0.2, 0.25) is 0 Å². The summed E-state index contributed by atoms with van der Waals surface area (Å²) in [6.07, 6.45) is 0. The fraction of sp³-hybridized carbons (Fsp3) is 0.143. The van der Waals surface area contributed by atoms with Crippen LogP contribution in [0.15, 0.2) is 58.1 Å². The van der Waals surface area contributed by atoms with Crippen LogP contribution < -0.4 is 10.7 Å². The maximum atomic E-state index is 13.7. The Balaban J connectivity index is 1.66. The molecule has 30 heavy (non-hydrogen) atoms. The summed E-state index contributed by atoms with van der Waals surface area (Å²) in [4.78, 5) is 24.5. The molecule has 0 saturated heterocycles. The summed E-state index contributed by atoms with van der Waals surface area (Å²) in [5.74, 6) is -1.55. The molecule has 0 aliphatic heterocycles. The zero-order valence-electron chi connectivity index (χ0n) is 16.5. The van der Waals surface area contributed by atoms with Crippen molar-refractivity contribution in [3.8, 4) is 0 Å². The maximum Gasteiger partial charge on any atom is 0.293 e. The predicted octanol–water partition coefficient (Wildman–Crippen LogP) is 4.04. The van der Waals surface area contributed by atoms with Crippen LogP contribution in [0.4, 0.5) is 10.1 Å². The van der Waals surface area contributed by atoms with Crippen LogP contribution in [0.5, 0.6) is 0 Å². The van der Waals surface area contributed by atoms with E-state index in [4.69, 9.17) is 0 Å². The number of nitrogens with zero attached hydrogens (tertiary/aromatic N) is 3. The Morgan fingerprint density at radius 2 is 1.77 bits per heavy atom. The molecule has 0 saturated carbocycles. The zero-order valence-corrected chi connectivity index (χ0v) is 18.1. The minimum atomic E-state index is -0.583. The number of hydrogen-bond acceptors (Lipinski definition) is 4. The Kier molecular flexibility index (Phi) is 6.41. The van der Waals surface area contributed by atoms with E-state index in [1.54, 1.807) is 49.0 Å². The summed E-state index contributed by atoms with van der Waals surface area (Å²) in [5.41, 5.74) is 5.36. The van der Waals surface area contributed by atoms with Crippen LogP contribution in [0.25, 0.3) is 0 Å². The van der Waals surface area contributed by atoms with E-state index in [1.165, 1.54) is 18.2 Å². The minimum absolute atomic E-state index is 0.0297. The van der Waals surface area contributed by atoms with Gasteiger partial charge >= 0.3 is 0 Å². The predicted molar refractivity (Wildman–Crippen MR) is 116 cm³/mol. The fourth-order valence-electron chi connectivity index (χ4n) is 2.62. The lowest BCUT2D eigenvalue weighted by atomic mass is 10.1. The second kappa shape index (κ2) is 9.00. The van der Waals surface area contributed by atoms with Gasteiger partial charge in [0.05, 0.1) is 21.4 Å². The number of benzene rings is 2. The van der Waals surface area contributed by atoms with E-state index < -0.39 is 17.6 Å². The van der Waals surface area contributed by atoms with Gasteiger partial charge in [-0.1, -0.05) is 24.3 Å². The highest BCUT2D eigenvalue weighted by Crippen LogP contribution is 2.20. The Hall–Kier alpha value is -3.33. The number of amides is 2. The number of aryl methyl sites for hydroxylation is 1. The highest BCUT2D eigenvalue weighted by atomic mass is 79.9. The first-order valence-electron chi connectivity index (χ1n) is 8.98. The summed E-state index contributed by atoms with van der Waals surface area (Å²) in [5, 5.41) is 10.9. The van der Waals surface area contributed by atoms with Gasteiger partial charge in [0.15, 0.2) is 5.69 Å². The summed E-state index contributed by atoms with van der Waals surface area (Å²) in [6, 6.07) is 12.6. The van der Waals surface area contributed by atoms with Crippen LogP contribution >= 0.6 is 15.9 Å². The molecule has 0 aliphatic rings. The summed E-state index contributed by atoms with van der Waals surface area (Å²) < 4.78 is 15.9. The number of rotatable bonds is 5. The van der Waals surface area contributed by atoms with E-state index >= 15 is 0 Å². The van der Waals surface area contributed by atoms with Crippen molar-refractivity contribution >= 4 is 39.1 Å². The number of carbonyl (C=O) groups excluding carboxylic acids is 2. The standard InChI is InChI=1S/C21H19BrFN5O2/c1-12(25-26-21(30)19-18(22)13(2)28(3)27-19)14-8-10-15(11-9-14)24-20(29)16-6-4-5-7-17(16)23/h4-11H,1-3H3,(H,24,29)(H,26,30)/b25-12-. The molecular formula is C21H19BrFN5O2. The van der Waals surface area contributed by atoms with Gasteiger partial charge in [0, 0.05) is 12.7 Å². The molecule has 2 aromatic carbocycles. The lowest BCUT2D eigenvalue weighted by Gasteiger charge is -2.07. The second-order valence-corrected chi connectivity index (χ2v) is 7.31. The lowest BCUT2D eigenvalue weighted by Crippen LogP contribution is -2.20. The third kappa shape index (κ3) is 4.62. The van der Waals surface area contributed by atoms with Crippen molar-refractivity contribution in [1.29, 1.82) is 0 Å². The van der Waals surface area contributed by atoms with Gasteiger partial charge < -0.3 is 5.32 Å². The Labute approximate surface area is 181 Å². The molecule has 0 bridgehead atoms. The van der Waals surface area contributed by atoms with Gasteiger partial charge in [-0.25, -0.2) is 9.82 Å². The van der Waals surface area contributed by atoms with E-state index in [1.807, 2.05) is 6.92 Å². The molecule has 9 heteroatoms. The molecule has 0 spiro atoms. The van der Waals surface area contributed by atoms with Gasteiger partial charge in [0.2, 0.25) is 0 Å². The van der Waals surface area contributed by atoms with Gasteiger partial charge in [0.25, 0.3) is 11.8 Å². The van der Waals surface area contributed by atoms with Crippen molar-refractivity contribution in [3.63, 3.8) is 0 Å². The Bertz CT molecular complexity index is 1140. The number of aromatic nitrogens is 2. The van der Waals surface area contributed by atoms with Crippen LogP contribution in [0.1, 0.15) is 39.0 Å². The molecule has 1 heterocycles. The Morgan fingerprint density at radius 3 is 2.37 bits per heavy atom. The topological polar surface area (TPSA) is 88.4 Å². The molecule has 0 radical (unpaired) electrons. The lowest BCUT2D eigenvalue weighted by molar-refractivity contribution is 0.0947. The first-order chi connectivity index (χ1) is 14.3. The molecule has 0 unspecified atom stereocenters. The van der Waals surface area contributed by atoms with Gasteiger partial charge in [0.1, 0.15) is 5.82 Å². The minimum Gasteiger partial charge on any atom is -0.322 e. The molecule has 7 nitrogen and oxygen atoms in total. The summed E-state index contributed by atoms with van der Waals surface area (Å²) in [6.45, 7) is 3.58. The summed E-state index contributed by atoms with van der Waals surface area (Å²) in [7, 11) is 1.75. The van der Waals surface area contributed by atoms with Crippen molar-refractivity contribution in [3.05, 3.63) is 81.3 Å². The molecular weight excluding hydrogens is 453 g/mol. The number of nitrogens with one attached hydrogen (secondary N) is 2. The van der Waals surface area contributed by atoms with Crippen LogP contribution in [-0.2, 0) is 7.05 Å². The van der Waals surface area contributed by atoms with E-state index in [2.05, 4.69) is 36.9 Å². The SMILES string of the molecule is C/C(=N/NC(=O)c1nn(C)c(C)c1Br)c1ccc(NC(=O)c2ccccc2F)cc1. The molecule has 2 N–H and O–H groups in total. The first-order valence-corrected chi connectivity index (χ1v) is 9.77. The molecule has 3 rings (SSSR count). The van der Waals surface area contributed by atoms with Crippen LogP contribution in [0.3, 0.4) is 0 Å². The highest BCUT2D eigenvalue weighted by Gasteiger charge is 2.17. The Morgan fingerprint density at radius 1 is 1.10 bits per heavy atom. The maximum absolute atomic E-state index is 13.7. The molecule has 0 atom stereocenters. The van der Waals surface area contributed by atoms with Gasteiger partial charge in [-0.15, -0.1) is 0 Å². The normalized spacial score (nSPS) is 11.3. The third-order valence-corrected chi connectivity index (χ3v) is 5.43. The van der Waals surface area contributed by atoms with Crippen molar-refractivity contribution in [2.24, 2.45) is 12.1 Å². The van der Waals surface area contributed by atoms with Crippen LogP contribution in [-0.4, -0.2) is 27.3 Å². The highest BCUT2D eigenvalue weighted by molar-refractivity contribution is 9.10. The largest absolute Gasteiger partial charge is 0.322 e. The van der Waals surface area contributed by atoms with Crippen molar-refractivity contribution in [1.82, 2.24) is 15.2 Å². The van der Waals surface area contributed by atoms with Gasteiger partial charge in [-0.2, -0.15) is 10.2 Å². The van der Waals surface area contributed by atoms with Gasteiger partial charge in [-0.05, 0) is 59.6 Å². The second-order valence-electron chi connectivity index (χ2n) is 6.52. The third-order valence-electron chi connectivity index (χ3n) is 4.48. The number of anilines is 1. The number of halogens is 2. The molecule has 154 valence electrons. The van der Waals surface area contributed by atoms with Gasteiger partial charge in [-0.3, -0.25) is 14.3 Å². The average Bonchev–Trinajstić information content (AvgIpc) is 3.00. The monoisotopic (exact) mass is 471 g/mol. The van der Waals surface area contributed by atoms with E-state index in [0.717, 1.165) is 11.3 Å². The van der Waals surface area contributed by atoms with E-state index in [0.29, 0.717) is 15.9 Å². The zero-order chi connectivity index (χ0) is 21.8. The number of hydrogen-bond donors (Lipinski definition) is 2. The number of hydrazone groups is 1. The van der Waals surface area contributed by atoms with Crippen molar-refractivity contribution < 1.29 is 14.0 Å². The molecule has 1 aromatic heterocycles. The molecule has 0 fully saturated rings. The smallest absolute Gasteiger partial charge is 0.293 e. The van der Waals surface area contributed by atoms with E-state index in [-0.39, 0.29) is 11.3 Å². The summed E-state index contributed by atoms with van der Waals surface area (Å²) >= 11 is 3.35. The van der Waals surface area contributed by atoms with Crippen molar-refractivity contribution in [2.45, 2.75) is 13.8 Å². The quantitative estimate of drug-likeness (QED) is 0.434. The molecule has 3 aromatic rings. The van der Waals surface area contributed by atoms with Crippen LogP contribution in [0, 0.1) is 12.7 Å². The fourth-order valence-corrected chi connectivity index (χ4v) is 3.13. The molecule has 2 amide bonds. The molecule has 0 aliphatic carbocycles. The first kappa shape index (κ1) is 21.4.